The molecule has 2 aromatic carbocycles. The predicted molar refractivity (Wildman–Crippen MR) is 117 cm³/mol. The zero-order chi connectivity index (χ0) is 20.9. The van der Waals surface area contributed by atoms with Crippen molar-refractivity contribution in [1.82, 2.24) is 10.1 Å². The Hall–Kier alpha value is -3.28. The molecule has 2 heterocycles. The Labute approximate surface area is 177 Å². The SMILES string of the molecule is COc1ccccc1N1CCN(C(=O)CCc2conc2-c2ccc(C)cc2)CC1. The minimum absolute atomic E-state index is 0.172. The number of ether oxygens (including phenoxy) is 1. The summed E-state index contributed by atoms with van der Waals surface area (Å²) in [5.41, 5.74) is 5.09. The van der Waals surface area contributed by atoms with E-state index >= 15 is 0 Å². The largest absolute Gasteiger partial charge is 0.495 e. The molecule has 0 radical (unpaired) electrons. The summed E-state index contributed by atoms with van der Waals surface area (Å²) in [5, 5.41) is 4.15. The molecular weight excluding hydrogens is 378 g/mol. The second kappa shape index (κ2) is 9.03. The average Bonchev–Trinajstić information content (AvgIpc) is 3.26. The summed E-state index contributed by atoms with van der Waals surface area (Å²) in [6, 6.07) is 16.2. The first kappa shape index (κ1) is 20.0. The second-order valence-electron chi connectivity index (χ2n) is 7.59. The number of methoxy groups -OCH3 is 1. The number of aryl methyl sites for hydroxylation is 2. The standard InChI is InChI=1S/C24H27N3O3/c1-18-7-9-19(10-8-18)24-20(17-30-25-24)11-12-23(28)27-15-13-26(14-16-27)21-5-3-4-6-22(21)29-2/h3-10,17H,11-16H2,1-2H3. The number of rotatable bonds is 6. The van der Waals surface area contributed by atoms with E-state index in [-0.39, 0.29) is 5.91 Å². The fourth-order valence-corrected chi connectivity index (χ4v) is 3.87. The summed E-state index contributed by atoms with van der Waals surface area (Å²) in [7, 11) is 1.69. The molecular formula is C24H27N3O3. The van der Waals surface area contributed by atoms with Crippen molar-refractivity contribution >= 4 is 11.6 Å². The van der Waals surface area contributed by atoms with Crippen LogP contribution in [-0.2, 0) is 11.2 Å². The molecule has 1 fully saturated rings. The van der Waals surface area contributed by atoms with Gasteiger partial charge in [-0.1, -0.05) is 47.1 Å². The van der Waals surface area contributed by atoms with Crippen molar-refractivity contribution in [2.75, 3.05) is 38.2 Å². The zero-order valence-corrected chi connectivity index (χ0v) is 17.5. The van der Waals surface area contributed by atoms with Crippen molar-refractivity contribution < 1.29 is 14.1 Å². The Balaban J connectivity index is 1.33. The lowest BCUT2D eigenvalue weighted by molar-refractivity contribution is -0.131. The quantitative estimate of drug-likeness (QED) is 0.622. The number of piperazine rings is 1. The highest BCUT2D eigenvalue weighted by Gasteiger charge is 2.23. The van der Waals surface area contributed by atoms with Crippen molar-refractivity contribution in [2.24, 2.45) is 0 Å². The van der Waals surface area contributed by atoms with Crippen molar-refractivity contribution in [3.63, 3.8) is 0 Å². The highest BCUT2D eigenvalue weighted by atomic mass is 16.5. The van der Waals surface area contributed by atoms with Gasteiger partial charge in [-0.3, -0.25) is 4.79 Å². The monoisotopic (exact) mass is 405 g/mol. The third-order valence-electron chi connectivity index (χ3n) is 5.63. The molecule has 6 nitrogen and oxygen atoms in total. The maximum Gasteiger partial charge on any atom is 0.223 e. The second-order valence-corrected chi connectivity index (χ2v) is 7.59. The van der Waals surface area contributed by atoms with Crippen LogP contribution < -0.4 is 9.64 Å². The lowest BCUT2D eigenvalue weighted by Gasteiger charge is -2.36. The Kier molecular flexibility index (Phi) is 6.02. The van der Waals surface area contributed by atoms with Crippen molar-refractivity contribution in [2.45, 2.75) is 19.8 Å². The molecule has 0 bridgehead atoms. The lowest BCUT2D eigenvalue weighted by Crippen LogP contribution is -2.48. The summed E-state index contributed by atoms with van der Waals surface area (Å²) in [6.07, 6.45) is 2.73. The fourth-order valence-electron chi connectivity index (χ4n) is 3.87. The Morgan fingerprint density at radius 3 is 2.53 bits per heavy atom. The molecule has 6 heteroatoms. The van der Waals surface area contributed by atoms with Crippen LogP contribution in [0.1, 0.15) is 17.5 Å². The van der Waals surface area contributed by atoms with E-state index in [1.54, 1.807) is 13.4 Å². The van der Waals surface area contributed by atoms with Crippen LogP contribution in [0.15, 0.2) is 59.3 Å². The van der Waals surface area contributed by atoms with Gasteiger partial charge in [0.15, 0.2) is 0 Å². The summed E-state index contributed by atoms with van der Waals surface area (Å²) in [4.78, 5) is 17.0. The van der Waals surface area contributed by atoms with E-state index in [0.29, 0.717) is 25.9 Å². The number of anilines is 1. The number of hydrogen-bond donors (Lipinski definition) is 0. The van der Waals surface area contributed by atoms with Crippen LogP contribution in [-0.4, -0.2) is 49.3 Å². The van der Waals surface area contributed by atoms with Crippen molar-refractivity contribution in [3.8, 4) is 17.0 Å². The summed E-state index contributed by atoms with van der Waals surface area (Å²) in [5.74, 6) is 1.04. The molecule has 1 saturated heterocycles. The van der Waals surface area contributed by atoms with E-state index in [0.717, 1.165) is 41.3 Å². The molecule has 0 spiro atoms. The van der Waals surface area contributed by atoms with Crippen LogP contribution in [0.25, 0.3) is 11.3 Å². The summed E-state index contributed by atoms with van der Waals surface area (Å²) in [6.45, 7) is 5.08. The van der Waals surface area contributed by atoms with E-state index in [1.807, 2.05) is 35.2 Å². The first-order chi connectivity index (χ1) is 14.7. The van der Waals surface area contributed by atoms with Crippen LogP contribution in [0, 0.1) is 6.92 Å². The van der Waals surface area contributed by atoms with Crippen LogP contribution in [0.2, 0.25) is 0 Å². The molecule has 3 aromatic rings. The van der Waals surface area contributed by atoms with E-state index in [2.05, 4.69) is 35.2 Å². The van der Waals surface area contributed by atoms with Gasteiger partial charge in [-0.15, -0.1) is 0 Å². The van der Waals surface area contributed by atoms with Crippen LogP contribution in [0.5, 0.6) is 5.75 Å². The number of para-hydroxylation sites is 2. The summed E-state index contributed by atoms with van der Waals surface area (Å²) >= 11 is 0. The molecule has 1 aliphatic rings. The van der Waals surface area contributed by atoms with E-state index < -0.39 is 0 Å². The Morgan fingerprint density at radius 2 is 1.80 bits per heavy atom. The van der Waals surface area contributed by atoms with Crippen molar-refractivity contribution in [1.29, 1.82) is 0 Å². The molecule has 0 saturated carbocycles. The van der Waals surface area contributed by atoms with E-state index in [4.69, 9.17) is 9.26 Å². The number of benzene rings is 2. The Bertz CT molecular complexity index is 989. The maximum atomic E-state index is 12.8. The molecule has 0 atom stereocenters. The van der Waals surface area contributed by atoms with Gasteiger partial charge in [0.25, 0.3) is 0 Å². The molecule has 0 aliphatic carbocycles. The number of hydrogen-bond acceptors (Lipinski definition) is 5. The number of carbonyl (C=O) groups is 1. The predicted octanol–water partition coefficient (Wildman–Crippen LogP) is 3.94. The third-order valence-corrected chi connectivity index (χ3v) is 5.63. The van der Waals surface area contributed by atoms with Crippen molar-refractivity contribution in [3.05, 3.63) is 65.9 Å². The molecule has 156 valence electrons. The van der Waals surface area contributed by atoms with Gasteiger partial charge in [0.1, 0.15) is 17.7 Å². The smallest absolute Gasteiger partial charge is 0.223 e. The van der Waals surface area contributed by atoms with Crippen LogP contribution in [0.3, 0.4) is 0 Å². The van der Waals surface area contributed by atoms with Crippen LogP contribution in [0.4, 0.5) is 5.69 Å². The fraction of sp³-hybridized carbons (Fsp3) is 0.333. The highest BCUT2D eigenvalue weighted by molar-refractivity contribution is 5.77. The van der Waals surface area contributed by atoms with Gasteiger partial charge in [-0.05, 0) is 25.5 Å². The molecule has 1 amide bonds. The third kappa shape index (κ3) is 4.32. The minimum atomic E-state index is 0.172. The topological polar surface area (TPSA) is 58.8 Å². The van der Waals surface area contributed by atoms with Gasteiger partial charge < -0.3 is 19.1 Å². The average molecular weight is 405 g/mol. The van der Waals surface area contributed by atoms with Gasteiger partial charge in [-0.25, -0.2) is 0 Å². The number of nitrogens with zero attached hydrogens (tertiary/aromatic N) is 3. The van der Waals surface area contributed by atoms with Gasteiger partial charge in [0.05, 0.1) is 12.8 Å². The van der Waals surface area contributed by atoms with E-state index in [9.17, 15) is 4.79 Å². The minimum Gasteiger partial charge on any atom is -0.495 e. The normalized spacial score (nSPS) is 14.1. The van der Waals surface area contributed by atoms with Gasteiger partial charge in [0.2, 0.25) is 5.91 Å². The van der Waals surface area contributed by atoms with E-state index in [1.165, 1.54) is 5.56 Å². The van der Waals surface area contributed by atoms with Gasteiger partial charge >= 0.3 is 0 Å². The molecule has 0 N–H and O–H groups in total. The van der Waals surface area contributed by atoms with Gasteiger partial charge in [-0.2, -0.15) is 0 Å². The molecule has 1 aliphatic heterocycles. The van der Waals surface area contributed by atoms with Crippen LogP contribution >= 0.6 is 0 Å². The highest BCUT2D eigenvalue weighted by Crippen LogP contribution is 2.28. The van der Waals surface area contributed by atoms with Gasteiger partial charge in [0, 0.05) is 43.7 Å². The number of amides is 1. The Morgan fingerprint density at radius 1 is 1.07 bits per heavy atom. The first-order valence-corrected chi connectivity index (χ1v) is 10.3. The number of aromatic nitrogens is 1. The molecule has 1 aromatic heterocycles. The molecule has 0 unspecified atom stereocenters. The first-order valence-electron chi connectivity index (χ1n) is 10.3. The summed E-state index contributed by atoms with van der Waals surface area (Å²) < 4.78 is 10.7. The number of carbonyl (C=O) groups excluding carboxylic acids is 1. The lowest BCUT2D eigenvalue weighted by atomic mass is 10.0. The molecule has 4 rings (SSSR count). The maximum absolute atomic E-state index is 12.8. The zero-order valence-electron chi connectivity index (χ0n) is 17.5. The molecule has 30 heavy (non-hydrogen) atoms.